The highest BCUT2D eigenvalue weighted by Crippen LogP contribution is 2.41. The molecule has 0 aliphatic carbocycles. The predicted octanol–water partition coefficient (Wildman–Crippen LogP) is 12.9. The molecule has 5 heteroatoms. The second-order valence-corrected chi connectivity index (χ2v) is 14.6. The topological polar surface area (TPSA) is 38.7 Å². The van der Waals surface area contributed by atoms with Gasteiger partial charge in [-0.15, -0.1) is 22.7 Å². The largest absolute Gasteiger partial charge is 0.208 e. The van der Waals surface area contributed by atoms with Gasteiger partial charge in [0.2, 0.25) is 0 Å². The summed E-state index contributed by atoms with van der Waals surface area (Å²) in [5.74, 6) is 1.99. The second kappa shape index (κ2) is 11.8. The predicted molar refractivity (Wildman–Crippen MR) is 213 cm³/mol. The minimum absolute atomic E-state index is 0.652. The molecule has 0 atom stereocenters. The Kier molecular flexibility index (Phi) is 6.86. The normalized spacial score (nSPS) is 11.6. The number of hydrogen-bond donors (Lipinski definition) is 0. The fourth-order valence-electron chi connectivity index (χ4n) is 6.93. The molecule has 0 radical (unpaired) electrons. The molecular formula is C45H27N3S2. The lowest BCUT2D eigenvalue weighted by molar-refractivity contribution is 1.08. The molecule has 10 aromatic rings. The zero-order valence-electron chi connectivity index (χ0n) is 26.7. The van der Waals surface area contributed by atoms with Gasteiger partial charge >= 0.3 is 0 Å². The lowest BCUT2D eigenvalue weighted by atomic mass is 9.98. The van der Waals surface area contributed by atoms with Crippen LogP contribution in [0.5, 0.6) is 0 Å². The van der Waals surface area contributed by atoms with Gasteiger partial charge in [-0.1, -0.05) is 127 Å². The van der Waals surface area contributed by atoms with E-state index in [2.05, 4.69) is 164 Å². The van der Waals surface area contributed by atoms with Crippen LogP contribution < -0.4 is 0 Å². The smallest absolute Gasteiger partial charge is 0.164 e. The second-order valence-electron chi connectivity index (χ2n) is 12.4. The third-order valence-corrected chi connectivity index (χ3v) is 11.6. The summed E-state index contributed by atoms with van der Waals surface area (Å²) in [6, 6.07) is 58.0. The maximum absolute atomic E-state index is 5.22. The lowest BCUT2D eigenvalue weighted by Gasteiger charge is -2.11. The van der Waals surface area contributed by atoms with E-state index in [-0.39, 0.29) is 0 Å². The van der Waals surface area contributed by atoms with Crippen molar-refractivity contribution in [2.24, 2.45) is 0 Å². The van der Waals surface area contributed by atoms with Crippen LogP contribution in [0.4, 0.5) is 0 Å². The number of fused-ring (bicyclic) bond motifs is 6. The zero-order chi connectivity index (χ0) is 33.0. The first-order valence-electron chi connectivity index (χ1n) is 16.6. The van der Waals surface area contributed by atoms with Crippen molar-refractivity contribution in [3.05, 3.63) is 164 Å². The first kappa shape index (κ1) is 29.0. The Morgan fingerprint density at radius 3 is 1.58 bits per heavy atom. The number of benzene rings is 7. The van der Waals surface area contributed by atoms with Gasteiger partial charge in [0.1, 0.15) is 0 Å². The van der Waals surface area contributed by atoms with Crippen LogP contribution in [-0.4, -0.2) is 15.0 Å². The number of rotatable bonds is 5. The molecule has 3 aromatic heterocycles. The summed E-state index contributed by atoms with van der Waals surface area (Å²) in [7, 11) is 0. The molecule has 0 amide bonds. The highest BCUT2D eigenvalue weighted by atomic mass is 32.1. The van der Waals surface area contributed by atoms with E-state index in [4.69, 9.17) is 15.0 Å². The van der Waals surface area contributed by atoms with Crippen molar-refractivity contribution in [2.75, 3.05) is 0 Å². The van der Waals surface area contributed by atoms with E-state index in [1.165, 1.54) is 51.5 Å². The molecule has 0 unspecified atom stereocenters. The Morgan fingerprint density at radius 2 is 0.800 bits per heavy atom. The fraction of sp³-hybridized carbons (Fsp3) is 0. The monoisotopic (exact) mass is 673 g/mol. The summed E-state index contributed by atoms with van der Waals surface area (Å²) in [6.07, 6.45) is 0. The quantitative estimate of drug-likeness (QED) is 0.182. The number of aromatic nitrogens is 3. The highest BCUT2D eigenvalue weighted by Gasteiger charge is 2.18. The van der Waals surface area contributed by atoms with Crippen molar-refractivity contribution in [2.45, 2.75) is 0 Å². The maximum Gasteiger partial charge on any atom is 0.164 e. The van der Waals surface area contributed by atoms with E-state index < -0.39 is 0 Å². The van der Waals surface area contributed by atoms with Crippen molar-refractivity contribution in [3.63, 3.8) is 0 Å². The van der Waals surface area contributed by atoms with Crippen molar-refractivity contribution >= 4 is 63.0 Å². The van der Waals surface area contributed by atoms with Gasteiger partial charge in [0.15, 0.2) is 17.5 Å². The van der Waals surface area contributed by atoms with Crippen molar-refractivity contribution in [3.8, 4) is 56.4 Å². The lowest BCUT2D eigenvalue weighted by Crippen LogP contribution is -2.00. The molecule has 50 heavy (non-hydrogen) atoms. The van der Waals surface area contributed by atoms with Gasteiger partial charge in [0, 0.05) is 57.0 Å². The van der Waals surface area contributed by atoms with Crippen LogP contribution in [0.1, 0.15) is 0 Å². The Balaban J connectivity index is 1.16. The van der Waals surface area contributed by atoms with Gasteiger partial charge in [-0.05, 0) is 58.7 Å². The standard InChI is InChI=1S/C45H27N3S2/c1-2-11-28(12-3-1)29-13-8-14-30(25-29)31-15-9-16-32(26-31)43-46-44(33-23-24-35-34-17-4-6-20-38(34)50-41(35)27-33)48-45(47-43)37-19-10-22-40-42(37)36-18-5-7-21-39(36)49-40/h1-27H. The average molecular weight is 674 g/mol. The molecule has 10 rings (SSSR count). The van der Waals surface area contributed by atoms with Crippen LogP contribution in [0.15, 0.2) is 164 Å². The van der Waals surface area contributed by atoms with E-state index in [1.807, 2.05) is 0 Å². The minimum atomic E-state index is 0.652. The molecule has 3 heterocycles. The summed E-state index contributed by atoms with van der Waals surface area (Å²) in [6.45, 7) is 0. The molecule has 0 saturated carbocycles. The van der Waals surface area contributed by atoms with Crippen LogP contribution in [0.2, 0.25) is 0 Å². The molecule has 0 bridgehead atoms. The van der Waals surface area contributed by atoms with Gasteiger partial charge in [-0.3, -0.25) is 0 Å². The Bertz CT molecular complexity index is 2890. The van der Waals surface area contributed by atoms with E-state index in [0.717, 1.165) is 27.8 Å². The molecule has 234 valence electrons. The summed E-state index contributed by atoms with van der Waals surface area (Å²) >= 11 is 3.61. The zero-order valence-corrected chi connectivity index (χ0v) is 28.4. The average Bonchev–Trinajstić information content (AvgIpc) is 3.76. The van der Waals surface area contributed by atoms with Crippen molar-refractivity contribution in [1.29, 1.82) is 0 Å². The van der Waals surface area contributed by atoms with Gasteiger partial charge in [-0.2, -0.15) is 0 Å². The van der Waals surface area contributed by atoms with Crippen LogP contribution >= 0.6 is 22.7 Å². The van der Waals surface area contributed by atoms with E-state index >= 15 is 0 Å². The molecule has 3 nitrogen and oxygen atoms in total. The molecule has 0 fully saturated rings. The van der Waals surface area contributed by atoms with Crippen LogP contribution in [0.3, 0.4) is 0 Å². The summed E-state index contributed by atoms with van der Waals surface area (Å²) < 4.78 is 4.98. The van der Waals surface area contributed by atoms with E-state index in [9.17, 15) is 0 Å². The van der Waals surface area contributed by atoms with Gasteiger partial charge in [0.25, 0.3) is 0 Å². The van der Waals surface area contributed by atoms with Crippen LogP contribution in [0, 0.1) is 0 Å². The summed E-state index contributed by atoms with van der Waals surface area (Å²) in [4.78, 5) is 15.6. The van der Waals surface area contributed by atoms with Gasteiger partial charge in [0.05, 0.1) is 0 Å². The molecule has 0 spiro atoms. The Hall–Kier alpha value is -6.01. The van der Waals surface area contributed by atoms with Gasteiger partial charge < -0.3 is 0 Å². The fourth-order valence-corrected chi connectivity index (χ4v) is 9.20. The molecule has 0 saturated heterocycles. The summed E-state index contributed by atoms with van der Waals surface area (Å²) in [5, 5.41) is 4.94. The maximum atomic E-state index is 5.22. The van der Waals surface area contributed by atoms with Crippen LogP contribution in [0.25, 0.3) is 96.8 Å². The van der Waals surface area contributed by atoms with Crippen molar-refractivity contribution < 1.29 is 0 Å². The third-order valence-electron chi connectivity index (χ3n) is 9.34. The number of nitrogens with zero attached hydrogens (tertiary/aromatic N) is 3. The molecule has 7 aromatic carbocycles. The summed E-state index contributed by atoms with van der Waals surface area (Å²) in [5.41, 5.74) is 7.58. The SMILES string of the molecule is c1ccc(-c2cccc(-c3cccc(-c4nc(-c5ccc6c(c5)sc5ccccc56)nc(-c5cccc6sc7ccccc7c56)n4)c3)c2)cc1. The van der Waals surface area contributed by atoms with Crippen molar-refractivity contribution in [1.82, 2.24) is 15.0 Å². The number of thiophene rings is 2. The first-order chi connectivity index (χ1) is 24.7. The number of hydrogen-bond acceptors (Lipinski definition) is 5. The Labute approximate surface area is 296 Å². The molecule has 0 aliphatic heterocycles. The van der Waals surface area contributed by atoms with E-state index in [1.54, 1.807) is 22.7 Å². The third kappa shape index (κ3) is 4.98. The molecule has 0 N–H and O–H groups in total. The van der Waals surface area contributed by atoms with E-state index in [0.29, 0.717) is 17.5 Å². The molecular weight excluding hydrogens is 647 g/mol. The highest BCUT2D eigenvalue weighted by molar-refractivity contribution is 7.26. The molecule has 0 aliphatic rings. The van der Waals surface area contributed by atoms with Gasteiger partial charge in [-0.25, -0.2) is 15.0 Å². The first-order valence-corrected chi connectivity index (χ1v) is 18.2. The Morgan fingerprint density at radius 1 is 0.300 bits per heavy atom. The van der Waals surface area contributed by atoms with Crippen LogP contribution in [-0.2, 0) is 0 Å². The minimum Gasteiger partial charge on any atom is -0.208 e.